The van der Waals surface area contributed by atoms with Gasteiger partial charge in [0.25, 0.3) is 0 Å². The summed E-state index contributed by atoms with van der Waals surface area (Å²) in [6.07, 6.45) is 0.689. The molecular formula is C14H18F3N. The van der Waals surface area contributed by atoms with Crippen LogP contribution in [0.3, 0.4) is 0 Å². The van der Waals surface area contributed by atoms with Gasteiger partial charge in [-0.1, -0.05) is 18.2 Å². The van der Waals surface area contributed by atoms with Crippen LogP contribution in [0, 0.1) is 11.7 Å². The first kappa shape index (κ1) is 13.4. The molecule has 1 aromatic carbocycles. The topological polar surface area (TPSA) is 12.0 Å². The van der Waals surface area contributed by atoms with Crippen molar-refractivity contribution >= 4 is 0 Å². The van der Waals surface area contributed by atoms with Crippen LogP contribution < -0.4 is 5.32 Å². The Morgan fingerprint density at radius 3 is 2.39 bits per heavy atom. The van der Waals surface area contributed by atoms with Crippen LogP contribution in [-0.4, -0.2) is 13.0 Å². The average Bonchev–Trinajstić information content (AvgIpc) is 2.34. The summed E-state index contributed by atoms with van der Waals surface area (Å²) in [6.45, 7) is 0. The zero-order valence-electron chi connectivity index (χ0n) is 10.4. The van der Waals surface area contributed by atoms with Gasteiger partial charge in [-0.3, -0.25) is 0 Å². The predicted molar refractivity (Wildman–Crippen MR) is 65.1 cm³/mol. The third-order valence-corrected chi connectivity index (χ3v) is 3.78. The van der Waals surface area contributed by atoms with Gasteiger partial charge >= 0.3 is 0 Å². The van der Waals surface area contributed by atoms with Crippen molar-refractivity contribution < 1.29 is 13.2 Å². The Bertz CT molecular complexity index is 396. The Morgan fingerprint density at radius 1 is 1.22 bits per heavy atom. The van der Waals surface area contributed by atoms with Gasteiger partial charge in [0.05, 0.1) is 0 Å². The van der Waals surface area contributed by atoms with E-state index in [0.29, 0.717) is 18.4 Å². The largest absolute Gasteiger partial charge is 0.313 e. The van der Waals surface area contributed by atoms with Crippen LogP contribution in [0.25, 0.3) is 0 Å². The summed E-state index contributed by atoms with van der Waals surface area (Å²) in [4.78, 5) is 0. The van der Waals surface area contributed by atoms with Crippen LogP contribution in [0.4, 0.5) is 13.2 Å². The van der Waals surface area contributed by atoms with E-state index < -0.39 is 5.92 Å². The SMILES string of the molecule is CNC(c1ccccc1F)C1CCC(F)(F)CC1. The number of halogens is 3. The van der Waals surface area contributed by atoms with Gasteiger partial charge < -0.3 is 5.32 Å². The second kappa shape index (κ2) is 5.31. The highest BCUT2D eigenvalue weighted by molar-refractivity contribution is 5.22. The maximum absolute atomic E-state index is 13.7. The molecule has 1 aliphatic carbocycles. The summed E-state index contributed by atoms with van der Waals surface area (Å²) in [5, 5.41) is 3.07. The minimum absolute atomic E-state index is 0.0755. The Morgan fingerprint density at radius 2 is 1.83 bits per heavy atom. The Balaban J connectivity index is 2.13. The van der Waals surface area contributed by atoms with Gasteiger partial charge in [0.1, 0.15) is 5.82 Å². The zero-order valence-corrected chi connectivity index (χ0v) is 10.4. The van der Waals surface area contributed by atoms with Crippen LogP contribution in [-0.2, 0) is 0 Å². The number of hydrogen-bond donors (Lipinski definition) is 1. The lowest BCUT2D eigenvalue weighted by Crippen LogP contribution is -2.33. The molecular weight excluding hydrogens is 239 g/mol. The fourth-order valence-electron chi connectivity index (χ4n) is 2.77. The molecule has 1 N–H and O–H groups in total. The van der Waals surface area contributed by atoms with E-state index in [1.54, 1.807) is 25.2 Å². The minimum atomic E-state index is -2.54. The predicted octanol–water partition coefficient (Wildman–Crippen LogP) is 3.91. The van der Waals surface area contributed by atoms with Gasteiger partial charge in [0.2, 0.25) is 5.92 Å². The highest BCUT2D eigenvalue weighted by Crippen LogP contribution is 2.41. The highest BCUT2D eigenvalue weighted by atomic mass is 19.3. The highest BCUT2D eigenvalue weighted by Gasteiger charge is 2.38. The number of hydrogen-bond acceptors (Lipinski definition) is 1. The van der Waals surface area contributed by atoms with Crippen LogP contribution in [0.2, 0.25) is 0 Å². The van der Waals surface area contributed by atoms with E-state index in [0.717, 1.165) is 0 Å². The second-order valence-electron chi connectivity index (χ2n) is 4.98. The molecule has 0 heterocycles. The molecule has 1 unspecified atom stereocenters. The molecule has 2 rings (SSSR count). The van der Waals surface area contributed by atoms with Crippen molar-refractivity contribution in [2.24, 2.45) is 5.92 Å². The maximum atomic E-state index is 13.7. The molecule has 0 spiro atoms. The van der Waals surface area contributed by atoms with Crippen molar-refractivity contribution in [1.82, 2.24) is 5.32 Å². The fourth-order valence-corrected chi connectivity index (χ4v) is 2.77. The van der Waals surface area contributed by atoms with Crippen molar-refractivity contribution in [1.29, 1.82) is 0 Å². The zero-order chi connectivity index (χ0) is 13.2. The molecule has 18 heavy (non-hydrogen) atoms. The van der Waals surface area contributed by atoms with E-state index in [1.165, 1.54) is 6.07 Å². The number of benzene rings is 1. The first-order valence-corrected chi connectivity index (χ1v) is 6.33. The lowest BCUT2D eigenvalue weighted by molar-refractivity contribution is -0.0496. The van der Waals surface area contributed by atoms with Crippen molar-refractivity contribution in [2.45, 2.75) is 37.6 Å². The molecule has 0 aromatic heterocycles. The summed E-state index contributed by atoms with van der Waals surface area (Å²) >= 11 is 0. The third-order valence-electron chi connectivity index (χ3n) is 3.78. The standard InChI is InChI=1S/C14H18F3N/c1-18-13(11-4-2-3-5-12(11)15)10-6-8-14(16,17)9-7-10/h2-5,10,13,18H,6-9H2,1H3. The molecule has 1 aromatic rings. The lowest BCUT2D eigenvalue weighted by Gasteiger charge is -2.34. The summed E-state index contributed by atoms with van der Waals surface area (Å²) in [7, 11) is 1.75. The minimum Gasteiger partial charge on any atom is -0.313 e. The Kier molecular flexibility index (Phi) is 3.95. The Hall–Kier alpha value is -1.03. The smallest absolute Gasteiger partial charge is 0.248 e. The van der Waals surface area contributed by atoms with E-state index in [1.807, 2.05) is 0 Å². The first-order valence-electron chi connectivity index (χ1n) is 6.33. The molecule has 1 nitrogen and oxygen atoms in total. The van der Waals surface area contributed by atoms with Gasteiger partial charge in [0.15, 0.2) is 0 Å². The molecule has 0 amide bonds. The molecule has 0 bridgehead atoms. The van der Waals surface area contributed by atoms with Crippen molar-refractivity contribution in [3.8, 4) is 0 Å². The van der Waals surface area contributed by atoms with E-state index in [2.05, 4.69) is 5.32 Å². The summed E-state index contributed by atoms with van der Waals surface area (Å²) in [5.41, 5.74) is 0.579. The van der Waals surface area contributed by atoms with Crippen molar-refractivity contribution in [3.63, 3.8) is 0 Å². The van der Waals surface area contributed by atoms with Gasteiger partial charge in [-0.15, -0.1) is 0 Å². The molecule has 0 aliphatic heterocycles. The number of alkyl halides is 2. The normalized spacial score (nSPS) is 21.8. The third kappa shape index (κ3) is 2.86. The lowest BCUT2D eigenvalue weighted by atomic mass is 9.79. The Labute approximate surface area is 105 Å². The maximum Gasteiger partial charge on any atom is 0.248 e. The van der Waals surface area contributed by atoms with Gasteiger partial charge in [-0.2, -0.15) is 0 Å². The number of nitrogens with one attached hydrogen (secondary N) is 1. The molecule has 0 radical (unpaired) electrons. The monoisotopic (exact) mass is 257 g/mol. The van der Waals surface area contributed by atoms with Gasteiger partial charge in [0, 0.05) is 24.4 Å². The molecule has 1 atom stereocenters. The molecule has 1 saturated carbocycles. The summed E-state index contributed by atoms with van der Waals surface area (Å²) in [5.74, 6) is -2.73. The second-order valence-corrected chi connectivity index (χ2v) is 4.98. The first-order chi connectivity index (χ1) is 8.53. The fraction of sp³-hybridized carbons (Fsp3) is 0.571. The van der Waals surface area contributed by atoms with Crippen LogP contribution in [0.1, 0.15) is 37.3 Å². The van der Waals surface area contributed by atoms with Gasteiger partial charge in [-0.05, 0) is 31.9 Å². The molecule has 100 valence electrons. The van der Waals surface area contributed by atoms with Crippen molar-refractivity contribution in [3.05, 3.63) is 35.6 Å². The average molecular weight is 257 g/mol. The van der Waals surface area contributed by atoms with Crippen LogP contribution in [0.15, 0.2) is 24.3 Å². The summed E-state index contributed by atoms with van der Waals surface area (Å²) in [6, 6.07) is 6.38. The van der Waals surface area contributed by atoms with Crippen LogP contribution in [0.5, 0.6) is 0 Å². The van der Waals surface area contributed by atoms with E-state index in [9.17, 15) is 13.2 Å². The van der Waals surface area contributed by atoms with E-state index >= 15 is 0 Å². The van der Waals surface area contributed by atoms with Gasteiger partial charge in [-0.25, -0.2) is 13.2 Å². The molecule has 1 aliphatic rings. The van der Waals surface area contributed by atoms with Crippen molar-refractivity contribution in [2.75, 3.05) is 7.05 Å². The quantitative estimate of drug-likeness (QED) is 0.865. The van der Waals surface area contributed by atoms with Crippen LogP contribution >= 0.6 is 0 Å². The molecule has 1 fully saturated rings. The molecule has 4 heteroatoms. The van der Waals surface area contributed by atoms with E-state index in [-0.39, 0.29) is 30.6 Å². The number of rotatable bonds is 3. The van der Waals surface area contributed by atoms with E-state index in [4.69, 9.17) is 0 Å². The molecule has 0 saturated heterocycles. The summed E-state index contributed by atoms with van der Waals surface area (Å²) < 4.78 is 40.0.